The molecule has 2 aromatic rings. The maximum atomic E-state index is 14.1. The van der Waals surface area contributed by atoms with Gasteiger partial charge in [-0.25, -0.2) is 17.8 Å². The summed E-state index contributed by atoms with van der Waals surface area (Å²) in [7, 11) is -3.79. The van der Waals surface area contributed by atoms with Crippen LogP contribution in [0.3, 0.4) is 0 Å². The zero-order chi connectivity index (χ0) is 32.4. The Morgan fingerprint density at radius 3 is 2.27 bits per heavy atom. The summed E-state index contributed by atoms with van der Waals surface area (Å²) in [5.74, 6) is -1.40. The van der Waals surface area contributed by atoms with Gasteiger partial charge in [-0.3, -0.25) is 14.4 Å². The molecule has 3 atom stereocenters. The molecule has 1 aliphatic carbocycles. The van der Waals surface area contributed by atoms with E-state index in [0.717, 1.165) is 32.1 Å². The van der Waals surface area contributed by atoms with Crippen molar-refractivity contribution in [2.75, 3.05) is 6.54 Å². The number of rotatable bonds is 10. The van der Waals surface area contributed by atoms with Gasteiger partial charge >= 0.3 is 0 Å². The maximum absolute atomic E-state index is 14.1. The molecule has 3 amide bonds. The normalized spacial score (nSPS) is 20.8. The Labute approximate surface area is 259 Å². The van der Waals surface area contributed by atoms with E-state index >= 15 is 0 Å². The van der Waals surface area contributed by atoms with Crippen LogP contribution in [0.5, 0.6) is 0 Å². The molecule has 2 heterocycles. The average molecular weight is 632 g/mol. The summed E-state index contributed by atoms with van der Waals surface area (Å²) in [6.07, 6.45) is 7.12. The number of nitrogens with zero attached hydrogens (tertiary/aromatic N) is 4. The highest BCUT2D eigenvalue weighted by molar-refractivity contribution is 7.89. The van der Waals surface area contributed by atoms with Gasteiger partial charge in [-0.05, 0) is 71.2 Å². The number of nitrogens with one attached hydrogen (secondary N) is 2. The second-order valence-corrected chi connectivity index (χ2v) is 15.2. The Bertz CT molecular complexity index is 1450. The Hall–Kier alpha value is -3.36. The second kappa shape index (κ2) is 12.9. The molecule has 1 saturated carbocycles. The topological polar surface area (TPSA) is 190 Å². The minimum absolute atomic E-state index is 0.0183. The summed E-state index contributed by atoms with van der Waals surface area (Å²) < 4.78 is 29.5. The van der Waals surface area contributed by atoms with Gasteiger partial charge in [0.1, 0.15) is 17.7 Å². The monoisotopic (exact) mass is 631 g/mol. The molecule has 0 bridgehead atoms. The molecule has 14 heteroatoms. The van der Waals surface area contributed by atoms with Crippen LogP contribution in [0.15, 0.2) is 35.4 Å². The standard InChI is InChI=1S/C30H45N7O6S/c1-29(2,3)34-44(42,43)22-13-11-20(12-14-22)27(39)33-23(15-19-9-7-6-8-10-19)28(40)36-18-21(16-24(36)26(31)38)37-25(17-32-35-37)30(4,5)41/h11-14,17,19,21,23-24,34,41H,6-10,15-16,18H2,1-5H3,(H2,31,38)(H,33,39)/t21?,23-,24?/m1/s1. The van der Waals surface area contributed by atoms with Crippen LogP contribution in [0, 0.1) is 5.92 Å². The summed E-state index contributed by atoms with van der Waals surface area (Å²) >= 11 is 0. The highest BCUT2D eigenvalue weighted by atomic mass is 32.2. The van der Waals surface area contributed by atoms with Crippen molar-refractivity contribution in [1.82, 2.24) is 29.9 Å². The molecular weight excluding hydrogens is 586 g/mol. The van der Waals surface area contributed by atoms with E-state index in [1.54, 1.807) is 34.6 Å². The second-order valence-electron chi connectivity index (χ2n) is 13.6. The van der Waals surface area contributed by atoms with E-state index in [-0.39, 0.29) is 29.3 Å². The lowest BCUT2D eigenvalue weighted by Gasteiger charge is -2.31. The molecule has 1 saturated heterocycles. The fourth-order valence-electron chi connectivity index (χ4n) is 6.12. The van der Waals surface area contributed by atoms with Crippen molar-refractivity contribution in [3.05, 3.63) is 41.7 Å². The first kappa shape index (κ1) is 33.5. The van der Waals surface area contributed by atoms with E-state index in [0.29, 0.717) is 12.1 Å². The van der Waals surface area contributed by atoms with Crippen LogP contribution in [-0.2, 0) is 25.2 Å². The zero-order valence-corrected chi connectivity index (χ0v) is 26.9. The number of carbonyl (C=O) groups excluding carboxylic acids is 3. The van der Waals surface area contributed by atoms with Gasteiger partial charge in [-0.2, -0.15) is 0 Å². The number of aliphatic hydroxyl groups is 1. The SMILES string of the molecule is CC(C)(C)NS(=O)(=O)c1ccc(C(=O)N[C@H](CC2CCCCC2)C(=O)N2CC(n3nncc3C(C)(C)O)CC2C(N)=O)cc1. The summed E-state index contributed by atoms with van der Waals surface area (Å²) in [5, 5.41) is 21.5. The summed E-state index contributed by atoms with van der Waals surface area (Å²) in [6, 6.07) is 3.22. The van der Waals surface area contributed by atoms with Gasteiger partial charge in [0.25, 0.3) is 5.91 Å². The maximum Gasteiger partial charge on any atom is 0.251 e. The van der Waals surface area contributed by atoms with Gasteiger partial charge in [0.05, 0.1) is 22.8 Å². The van der Waals surface area contributed by atoms with E-state index in [1.165, 1.54) is 40.0 Å². The van der Waals surface area contributed by atoms with Crippen molar-refractivity contribution < 1.29 is 27.9 Å². The van der Waals surface area contributed by atoms with Crippen LogP contribution < -0.4 is 15.8 Å². The molecule has 2 fully saturated rings. The number of hydrogen-bond donors (Lipinski definition) is 4. The van der Waals surface area contributed by atoms with Crippen LogP contribution in [0.25, 0.3) is 0 Å². The van der Waals surface area contributed by atoms with Gasteiger partial charge in [-0.15, -0.1) is 5.10 Å². The van der Waals surface area contributed by atoms with E-state index in [4.69, 9.17) is 5.73 Å². The number of primary amides is 1. The first-order valence-electron chi connectivity index (χ1n) is 15.1. The van der Waals surface area contributed by atoms with Gasteiger partial charge in [0, 0.05) is 24.1 Å². The third-order valence-corrected chi connectivity index (χ3v) is 9.98. The van der Waals surface area contributed by atoms with Gasteiger partial charge < -0.3 is 21.1 Å². The minimum Gasteiger partial charge on any atom is -0.384 e. The lowest BCUT2D eigenvalue weighted by Crippen LogP contribution is -2.53. The molecule has 242 valence electrons. The molecule has 13 nitrogen and oxygen atoms in total. The Kier molecular flexibility index (Phi) is 9.86. The number of sulfonamides is 1. The van der Waals surface area contributed by atoms with Crippen molar-refractivity contribution >= 4 is 27.7 Å². The number of benzene rings is 1. The Morgan fingerprint density at radius 1 is 1.07 bits per heavy atom. The third-order valence-electron chi connectivity index (χ3n) is 8.20. The first-order chi connectivity index (χ1) is 20.5. The molecule has 2 unspecified atom stereocenters. The molecule has 1 aromatic carbocycles. The highest BCUT2D eigenvalue weighted by Crippen LogP contribution is 2.33. The van der Waals surface area contributed by atoms with Crippen molar-refractivity contribution in [2.24, 2.45) is 11.7 Å². The molecule has 4 rings (SSSR count). The van der Waals surface area contributed by atoms with Crippen LogP contribution in [0.4, 0.5) is 0 Å². The van der Waals surface area contributed by atoms with E-state index in [1.807, 2.05) is 0 Å². The Morgan fingerprint density at radius 2 is 1.70 bits per heavy atom. The number of likely N-dealkylation sites (tertiary alicyclic amines) is 1. The molecule has 1 aromatic heterocycles. The summed E-state index contributed by atoms with van der Waals surface area (Å²) in [6.45, 7) is 8.51. The molecule has 5 N–H and O–H groups in total. The molecule has 44 heavy (non-hydrogen) atoms. The molecular formula is C30H45N7O6S. The van der Waals surface area contributed by atoms with Crippen molar-refractivity contribution in [3.8, 4) is 0 Å². The molecule has 1 aliphatic heterocycles. The van der Waals surface area contributed by atoms with E-state index < -0.39 is 57.0 Å². The number of carbonyl (C=O) groups is 3. The van der Waals surface area contributed by atoms with Gasteiger partial charge in [0.15, 0.2) is 0 Å². The molecule has 0 radical (unpaired) electrons. The average Bonchev–Trinajstić information content (AvgIpc) is 3.60. The fourth-order valence-corrected chi connectivity index (χ4v) is 7.54. The van der Waals surface area contributed by atoms with Crippen LogP contribution in [0.2, 0.25) is 0 Å². The van der Waals surface area contributed by atoms with Crippen molar-refractivity contribution in [1.29, 1.82) is 0 Å². The van der Waals surface area contributed by atoms with Crippen molar-refractivity contribution in [2.45, 2.75) is 114 Å². The lowest BCUT2D eigenvalue weighted by atomic mass is 9.84. The highest BCUT2D eigenvalue weighted by Gasteiger charge is 2.44. The van der Waals surface area contributed by atoms with Gasteiger partial charge in [0.2, 0.25) is 21.8 Å². The van der Waals surface area contributed by atoms with Crippen LogP contribution in [-0.4, -0.2) is 75.3 Å². The summed E-state index contributed by atoms with van der Waals surface area (Å²) in [5.41, 5.74) is 4.47. The van der Waals surface area contributed by atoms with Crippen LogP contribution >= 0.6 is 0 Å². The zero-order valence-electron chi connectivity index (χ0n) is 26.1. The van der Waals surface area contributed by atoms with E-state index in [9.17, 15) is 27.9 Å². The van der Waals surface area contributed by atoms with Gasteiger partial charge in [-0.1, -0.05) is 37.3 Å². The van der Waals surface area contributed by atoms with E-state index in [2.05, 4.69) is 20.4 Å². The summed E-state index contributed by atoms with van der Waals surface area (Å²) in [4.78, 5) is 41.6. The minimum atomic E-state index is -3.79. The lowest BCUT2D eigenvalue weighted by molar-refractivity contribution is -0.139. The molecule has 0 spiro atoms. The smallest absolute Gasteiger partial charge is 0.251 e. The Balaban J connectivity index is 1.57. The number of aromatic nitrogens is 3. The third kappa shape index (κ3) is 8.02. The quantitative estimate of drug-likeness (QED) is 0.306. The fraction of sp³-hybridized carbons (Fsp3) is 0.633. The predicted octanol–water partition coefficient (Wildman–Crippen LogP) is 1.98. The van der Waals surface area contributed by atoms with Crippen molar-refractivity contribution in [3.63, 3.8) is 0 Å². The first-order valence-corrected chi connectivity index (χ1v) is 16.6. The predicted molar refractivity (Wildman–Crippen MR) is 163 cm³/mol. The number of amides is 3. The number of hydrogen-bond acceptors (Lipinski definition) is 8. The number of nitrogens with two attached hydrogens (primary N) is 1. The molecule has 2 aliphatic rings. The largest absolute Gasteiger partial charge is 0.384 e. The van der Waals surface area contributed by atoms with Crippen LogP contribution in [0.1, 0.15) is 102 Å².